The van der Waals surface area contributed by atoms with Crippen LogP contribution in [0.2, 0.25) is 0 Å². The molecular weight excluding hydrogens is 434 g/mol. The molecule has 0 spiro atoms. The van der Waals surface area contributed by atoms with Gasteiger partial charge in [-0.2, -0.15) is 0 Å². The monoisotopic (exact) mass is 468 g/mol. The Balaban J connectivity index is 1.77. The Morgan fingerprint density at radius 1 is 0.697 bits per heavy atom. The van der Waals surface area contributed by atoms with Crippen LogP contribution in [0.4, 0.5) is 0 Å². The van der Waals surface area contributed by atoms with Gasteiger partial charge in [-0.15, -0.1) is 0 Å². The largest absolute Gasteiger partial charge is 0.631 e. The number of hydrogen-bond acceptors (Lipinski definition) is 6. The van der Waals surface area contributed by atoms with Crippen LogP contribution in [-0.4, -0.2) is 46.6 Å². The van der Waals surface area contributed by atoms with Crippen molar-refractivity contribution < 1.29 is 27.3 Å². The van der Waals surface area contributed by atoms with Gasteiger partial charge in [0.15, 0.2) is 0 Å². The minimum atomic E-state index is -3.41. The molecule has 0 aromatic heterocycles. The number of hydrogen-bond donors (Lipinski definition) is 0. The van der Waals surface area contributed by atoms with Crippen molar-refractivity contribution in [2.24, 2.45) is 0 Å². The predicted octanol–water partition coefficient (Wildman–Crippen LogP) is 3.45. The molecule has 33 heavy (non-hydrogen) atoms. The normalized spacial score (nSPS) is 25.2. The van der Waals surface area contributed by atoms with Crippen LogP contribution in [-0.2, 0) is 27.3 Å². The first kappa shape index (κ1) is 24.7. The third-order valence-corrected chi connectivity index (χ3v) is 9.14. The first-order valence-corrected chi connectivity index (χ1v) is 13.5. The second-order valence-electron chi connectivity index (χ2n) is 10.2. The highest BCUT2D eigenvalue weighted by atomic mass is 28.4. The summed E-state index contributed by atoms with van der Waals surface area (Å²) in [5, 5.41) is 1.84. The van der Waals surface area contributed by atoms with Gasteiger partial charge in [0.25, 0.3) is 0 Å². The molecule has 176 valence electrons. The molecule has 2 aromatic carbocycles. The highest BCUT2D eigenvalue weighted by Gasteiger charge is 2.54. The topological polar surface area (TPSA) is 55.4 Å². The van der Waals surface area contributed by atoms with Crippen LogP contribution < -0.4 is 10.4 Å². The van der Waals surface area contributed by atoms with Gasteiger partial charge in [0.2, 0.25) is 0 Å². The average Bonchev–Trinajstić information content (AvgIpc) is 2.71. The molecule has 0 amide bonds. The van der Waals surface area contributed by atoms with E-state index in [1.807, 2.05) is 74.5 Å². The Hall–Kier alpha value is -1.45. The summed E-state index contributed by atoms with van der Waals surface area (Å²) in [5.41, 5.74) is -0.769. The Kier molecular flexibility index (Phi) is 7.22. The van der Waals surface area contributed by atoms with E-state index in [1.165, 1.54) is 0 Å². The fraction of sp³-hybridized carbons (Fsp3) is 0.500. The van der Waals surface area contributed by atoms with Gasteiger partial charge in [0.05, 0.1) is 11.2 Å². The summed E-state index contributed by atoms with van der Waals surface area (Å²) in [7, 11) is -5.18. The van der Waals surface area contributed by atoms with Crippen molar-refractivity contribution in [3.05, 3.63) is 60.7 Å². The zero-order valence-corrected chi connectivity index (χ0v) is 21.4. The molecule has 2 aromatic rings. The van der Waals surface area contributed by atoms with Gasteiger partial charge in [-0.3, -0.25) is 0 Å². The standard InChI is InChI=1S/C24H34B2O6Si/c1-19-17-23(3,4)29-25(27-19)31-33(21-13-9-7-10-14-21,22-15-11-8-12-16-22)32-26-28-20(2)18-24(5,6)30-26/h7-16,19-20H,17-18H2,1-6H3. The van der Waals surface area contributed by atoms with Crippen molar-refractivity contribution in [3.8, 4) is 0 Å². The van der Waals surface area contributed by atoms with Crippen molar-refractivity contribution in [2.45, 2.75) is 77.8 Å². The molecular formula is C24H34B2O6Si. The summed E-state index contributed by atoms with van der Waals surface area (Å²) in [6, 6.07) is 20.0. The molecule has 6 nitrogen and oxygen atoms in total. The van der Waals surface area contributed by atoms with Crippen LogP contribution in [0, 0.1) is 0 Å². The number of rotatable bonds is 6. The minimum absolute atomic E-state index is 0.0156. The van der Waals surface area contributed by atoms with Crippen LogP contribution in [0.3, 0.4) is 0 Å². The molecule has 4 rings (SSSR count). The molecule has 9 heteroatoms. The molecule has 0 radical (unpaired) electrons. The summed E-state index contributed by atoms with van der Waals surface area (Å²) in [4.78, 5) is 0. The van der Waals surface area contributed by atoms with E-state index in [4.69, 9.17) is 27.3 Å². The summed E-state index contributed by atoms with van der Waals surface area (Å²) < 4.78 is 38.2. The molecule has 2 heterocycles. The Morgan fingerprint density at radius 2 is 1.06 bits per heavy atom. The molecule has 2 atom stereocenters. The maximum absolute atomic E-state index is 6.78. The Morgan fingerprint density at radius 3 is 1.39 bits per heavy atom. The molecule has 2 aliphatic rings. The van der Waals surface area contributed by atoms with Crippen LogP contribution in [0.1, 0.15) is 54.4 Å². The molecule has 2 aliphatic heterocycles. The van der Waals surface area contributed by atoms with Gasteiger partial charge in [0, 0.05) is 12.2 Å². The van der Waals surface area contributed by atoms with E-state index < -0.39 is 23.2 Å². The first-order chi connectivity index (χ1) is 15.6. The van der Waals surface area contributed by atoms with E-state index in [9.17, 15) is 0 Å². The maximum Gasteiger partial charge on any atom is 0.631 e. The molecule has 0 saturated carbocycles. The van der Waals surface area contributed by atoms with Crippen LogP contribution in [0.15, 0.2) is 60.7 Å². The van der Waals surface area contributed by atoms with E-state index in [1.54, 1.807) is 0 Å². The van der Waals surface area contributed by atoms with Crippen LogP contribution in [0.25, 0.3) is 0 Å². The maximum atomic E-state index is 6.78. The number of benzene rings is 2. The second kappa shape index (κ2) is 9.66. The lowest BCUT2D eigenvalue weighted by molar-refractivity contribution is -0.0640. The minimum Gasteiger partial charge on any atom is -0.400 e. The summed E-state index contributed by atoms with van der Waals surface area (Å²) in [6.07, 6.45) is 1.52. The van der Waals surface area contributed by atoms with E-state index in [0.717, 1.165) is 23.2 Å². The van der Waals surface area contributed by atoms with Gasteiger partial charge in [-0.1, -0.05) is 60.7 Å². The van der Waals surface area contributed by atoms with Crippen molar-refractivity contribution in [1.29, 1.82) is 0 Å². The Bertz CT molecular complexity index is 838. The zero-order chi connectivity index (χ0) is 23.7. The third-order valence-electron chi connectivity index (χ3n) is 5.91. The van der Waals surface area contributed by atoms with E-state index in [0.29, 0.717) is 0 Å². The van der Waals surface area contributed by atoms with Gasteiger partial charge < -0.3 is 27.3 Å². The second-order valence-corrected chi connectivity index (χ2v) is 13.1. The molecule has 2 fully saturated rings. The summed E-state index contributed by atoms with van der Waals surface area (Å²) in [5.74, 6) is 0. The lowest BCUT2D eigenvalue weighted by Gasteiger charge is -2.43. The molecule has 0 N–H and O–H groups in total. The van der Waals surface area contributed by atoms with E-state index in [-0.39, 0.29) is 23.4 Å². The highest BCUT2D eigenvalue weighted by Crippen LogP contribution is 2.30. The molecule has 0 bridgehead atoms. The molecule has 2 saturated heterocycles. The first-order valence-electron chi connectivity index (χ1n) is 11.7. The van der Waals surface area contributed by atoms with Crippen molar-refractivity contribution in [1.82, 2.24) is 0 Å². The molecule has 0 aliphatic carbocycles. The molecule has 2 unspecified atom stereocenters. The van der Waals surface area contributed by atoms with Crippen LogP contribution in [0.5, 0.6) is 0 Å². The lowest BCUT2D eigenvalue weighted by Crippen LogP contribution is -2.70. The van der Waals surface area contributed by atoms with Crippen molar-refractivity contribution in [3.63, 3.8) is 0 Å². The summed E-state index contributed by atoms with van der Waals surface area (Å²) >= 11 is 0. The van der Waals surface area contributed by atoms with Crippen LogP contribution >= 0.6 is 0 Å². The third kappa shape index (κ3) is 5.97. The smallest absolute Gasteiger partial charge is 0.400 e. The van der Waals surface area contributed by atoms with Crippen molar-refractivity contribution >= 4 is 33.6 Å². The van der Waals surface area contributed by atoms with E-state index >= 15 is 0 Å². The van der Waals surface area contributed by atoms with Gasteiger partial charge in [0.1, 0.15) is 0 Å². The van der Waals surface area contributed by atoms with Gasteiger partial charge in [-0.25, -0.2) is 0 Å². The quantitative estimate of drug-likeness (QED) is 0.606. The zero-order valence-electron chi connectivity index (χ0n) is 20.4. The predicted molar refractivity (Wildman–Crippen MR) is 132 cm³/mol. The van der Waals surface area contributed by atoms with Crippen molar-refractivity contribution in [2.75, 3.05) is 0 Å². The lowest BCUT2D eigenvalue weighted by atomic mass is 9.95. The SMILES string of the molecule is CC1CC(C)(C)OB(O[Si](OB2OC(C)CC(C)(C)O2)(c2ccccc2)c2ccccc2)O1. The fourth-order valence-electron chi connectivity index (χ4n) is 4.69. The summed E-state index contributed by atoms with van der Waals surface area (Å²) in [6.45, 7) is 12.3. The fourth-order valence-corrected chi connectivity index (χ4v) is 7.63. The highest BCUT2D eigenvalue weighted by molar-refractivity contribution is 6.97. The van der Waals surface area contributed by atoms with Gasteiger partial charge >= 0.3 is 23.2 Å². The Labute approximate surface area is 199 Å². The average molecular weight is 468 g/mol. The van der Waals surface area contributed by atoms with E-state index in [2.05, 4.69) is 27.7 Å². The van der Waals surface area contributed by atoms with Gasteiger partial charge in [-0.05, 0) is 64.8 Å².